The van der Waals surface area contributed by atoms with Crippen LogP contribution < -0.4 is 10.6 Å². The lowest BCUT2D eigenvalue weighted by molar-refractivity contribution is 0.102. The molecule has 1 aromatic heterocycles. The molecule has 0 aliphatic heterocycles. The summed E-state index contributed by atoms with van der Waals surface area (Å²) in [6.45, 7) is 2.10. The van der Waals surface area contributed by atoms with Crippen molar-refractivity contribution in [2.24, 2.45) is 0 Å². The molecule has 0 saturated heterocycles. The van der Waals surface area contributed by atoms with Crippen molar-refractivity contribution in [1.82, 2.24) is 9.97 Å². The third-order valence-electron chi connectivity index (χ3n) is 4.70. The molecule has 0 aliphatic carbocycles. The molecule has 5 heteroatoms. The van der Waals surface area contributed by atoms with E-state index in [0.717, 1.165) is 23.4 Å². The van der Waals surface area contributed by atoms with Gasteiger partial charge < -0.3 is 10.6 Å². The van der Waals surface area contributed by atoms with Gasteiger partial charge in [0.2, 0.25) is 0 Å². The van der Waals surface area contributed by atoms with Crippen LogP contribution in [0.4, 0.5) is 17.2 Å². The van der Waals surface area contributed by atoms with E-state index in [9.17, 15) is 4.79 Å². The summed E-state index contributed by atoms with van der Waals surface area (Å²) in [4.78, 5) is 21.6. The van der Waals surface area contributed by atoms with E-state index in [-0.39, 0.29) is 5.91 Å². The molecule has 4 aromatic rings. The van der Waals surface area contributed by atoms with Gasteiger partial charge in [0.15, 0.2) is 5.82 Å². The van der Waals surface area contributed by atoms with Crippen LogP contribution in [0.5, 0.6) is 0 Å². The van der Waals surface area contributed by atoms with Gasteiger partial charge in [-0.1, -0.05) is 55.5 Å². The Kier molecular flexibility index (Phi) is 5.80. The average molecular weight is 394 g/mol. The van der Waals surface area contributed by atoms with E-state index in [4.69, 9.17) is 0 Å². The van der Waals surface area contributed by atoms with Crippen molar-refractivity contribution in [1.29, 1.82) is 0 Å². The quantitative estimate of drug-likeness (QED) is 0.440. The zero-order valence-electron chi connectivity index (χ0n) is 16.7. The second-order valence-electron chi connectivity index (χ2n) is 6.84. The third kappa shape index (κ3) is 4.70. The summed E-state index contributed by atoms with van der Waals surface area (Å²) >= 11 is 0. The highest BCUT2D eigenvalue weighted by atomic mass is 16.1. The minimum Gasteiger partial charge on any atom is -0.340 e. The van der Waals surface area contributed by atoms with E-state index in [1.807, 2.05) is 66.7 Å². The second kappa shape index (κ2) is 9.01. The van der Waals surface area contributed by atoms with Gasteiger partial charge in [-0.3, -0.25) is 4.79 Å². The molecule has 0 bridgehead atoms. The first-order valence-corrected chi connectivity index (χ1v) is 9.87. The Morgan fingerprint density at radius 1 is 0.867 bits per heavy atom. The third-order valence-corrected chi connectivity index (χ3v) is 4.70. The molecule has 1 amide bonds. The number of benzene rings is 3. The number of rotatable bonds is 6. The van der Waals surface area contributed by atoms with Gasteiger partial charge in [0.05, 0.1) is 0 Å². The summed E-state index contributed by atoms with van der Waals surface area (Å²) in [5.41, 5.74) is 4.31. The van der Waals surface area contributed by atoms with Gasteiger partial charge >= 0.3 is 0 Å². The van der Waals surface area contributed by atoms with Gasteiger partial charge in [0.25, 0.3) is 5.91 Å². The molecule has 0 unspecified atom stereocenters. The van der Waals surface area contributed by atoms with E-state index in [0.29, 0.717) is 17.2 Å². The van der Waals surface area contributed by atoms with Gasteiger partial charge in [-0.2, -0.15) is 0 Å². The number of anilines is 3. The Morgan fingerprint density at radius 3 is 2.43 bits per heavy atom. The number of carbonyl (C=O) groups is 1. The number of nitrogens with zero attached hydrogens (tertiary/aromatic N) is 2. The smallest absolute Gasteiger partial charge is 0.255 e. The van der Waals surface area contributed by atoms with Gasteiger partial charge in [0.1, 0.15) is 5.82 Å². The molecular formula is C25H22N4O. The number of nitrogens with one attached hydrogen (secondary N) is 2. The van der Waals surface area contributed by atoms with Crippen LogP contribution in [0, 0.1) is 0 Å². The Balaban J connectivity index is 1.49. The number of aryl methyl sites for hydroxylation is 1. The molecule has 0 aliphatic rings. The maximum atomic E-state index is 12.6. The zero-order valence-corrected chi connectivity index (χ0v) is 16.7. The number of amides is 1. The number of carbonyl (C=O) groups excluding carboxylic acids is 1. The van der Waals surface area contributed by atoms with Crippen molar-refractivity contribution in [3.8, 4) is 11.4 Å². The Bertz CT molecular complexity index is 1140. The summed E-state index contributed by atoms with van der Waals surface area (Å²) in [5, 5.41) is 6.20. The summed E-state index contributed by atoms with van der Waals surface area (Å²) in [7, 11) is 0. The van der Waals surface area contributed by atoms with E-state index >= 15 is 0 Å². The molecule has 3 aromatic carbocycles. The fourth-order valence-corrected chi connectivity index (χ4v) is 3.07. The van der Waals surface area contributed by atoms with Crippen LogP contribution in [0.1, 0.15) is 22.8 Å². The molecular weight excluding hydrogens is 372 g/mol. The first kappa shape index (κ1) is 19.3. The van der Waals surface area contributed by atoms with Crippen LogP contribution in [-0.4, -0.2) is 15.9 Å². The van der Waals surface area contributed by atoms with E-state index < -0.39 is 0 Å². The van der Waals surface area contributed by atoms with E-state index in [1.165, 1.54) is 5.56 Å². The monoisotopic (exact) mass is 394 g/mol. The Hall–Kier alpha value is -3.99. The summed E-state index contributed by atoms with van der Waals surface area (Å²) in [6, 6.07) is 26.8. The van der Waals surface area contributed by atoms with E-state index in [2.05, 4.69) is 27.5 Å². The van der Waals surface area contributed by atoms with Crippen LogP contribution in [0.25, 0.3) is 11.4 Å². The van der Waals surface area contributed by atoms with Crippen LogP contribution >= 0.6 is 0 Å². The molecule has 30 heavy (non-hydrogen) atoms. The Labute approximate surface area is 175 Å². The van der Waals surface area contributed by atoms with Crippen molar-refractivity contribution >= 4 is 23.1 Å². The minimum atomic E-state index is -0.157. The first-order valence-electron chi connectivity index (χ1n) is 9.87. The molecule has 0 fully saturated rings. The highest BCUT2D eigenvalue weighted by molar-refractivity contribution is 6.04. The lowest BCUT2D eigenvalue weighted by Crippen LogP contribution is -2.12. The predicted molar refractivity (Wildman–Crippen MR) is 121 cm³/mol. The van der Waals surface area contributed by atoms with Crippen molar-refractivity contribution < 1.29 is 4.79 Å². The lowest BCUT2D eigenvalue weighted by Gasteiger charge is -2.10. The van der Waals surface area contributed by atoms with Crippen LogP contribution in [0.15, 0.2) is 91.1 Å². The van der Waals surface area contributed by atoms with Gasteiger partial charge in [-0.25, -0.2) is 9.97 Å². The minimum absolute atomic E-state index is 0.157. The normalized spacial score (nSPS) is 10.4. The molecule has 0 radical (unpaired) electrons. The lowest BCUT2D eigenvalue weighted by atomic mass is 10.1. The summed E-state index contributed by atoms with van der Waals surface area (Å²) in [5.74, 6) is 1.15. The second-order valence-corrected chi connectivity index (χ2v) is 6.84. The largest absolute Gasteiger partial charge is 0.340 e. The van der Waals surface area contributed by atoms with Crippen molar-refractivity contribution in [3.63, 3.8) is 0 Å². The SMILES string of the molecule is CCc1ccc(NC(=O)c2cccc(Nc3ccnc(-c4ccccc4)n3)c2)cc1. The van der Waals surface area contributed by atoms with Crippen molar-refractivity contribution in [3.05, 3.63) is 102 Å². The first-order chi connectivity index (χ1) is 14.7. The standard InChI is InChI=1S/C25H22N4O/c1-2-18-11-13-21(14-12-18)28-25(30)20-9-6-10-22(17-20)27-23-15-16-26-24(29-23)19-7-4-3-5-8-19/h3-17H,2H2,1H3,(H,28,30)(H,26,27,29). The van der Waals surface area contributed by atoms with Crippen LogP contribution in [0.3, 0.4) is 0 Å². The maximum absolute atomic E-state index is 12.6. The molecule has 4 rings (SSSR count). The highest BCUT2D eigenvalue weighted by Gasteiger charge is 2.08. The van der Waals surface area contributed by atoms with Gasteiger partial charge in [0, 0.05) is 28.7 Å². The average Bonchev–Trinajstić information content (AvgIpc) is 2.80. The summed E-state index contributed by atoms with van der Waals surface area (Å²) in [6.07, 6.45) is 2.69. The van der Waals surface area contributed by atoms with Crippen molar-refractivity contribution in [2.45, 2.75) is 13.3 Å². The number of aromatic nitrogens is 2. The van der Waals surface area contributed by atoms with E-state index in [1.54, 1.807) is 24.4 Å². The predicted octanol–water partition coefficient (Wildman–Crippen LogP) is 5.70. The molecule has 0 spiro atoms. The fourth-order valence-electron chi connectivity index (χ4n) is 3.07. The maximum Gasteiger partial charge on any atom is 0.255 e. The molecule has 0 saturated carbocycles. The molecule has 0 atom stereocenters. The molecule has 2 N–H and O–H groups in total. The topological polar surface area (TPSA) is 66.9 Å². The number of hydrogen-bond donors (Lipinski definition) is 2. The number of hydrogen-bond acceptors (Lipinski definition) is 4. The van der Waals surface area contributed by atoms with Crippen molar-refractivity contribution in [2.75, 3.05) is 10.6 Å². The zero-order chi connectivity index (χ0) is 20.8. The summed E-state index contributed by atoms with van der Waals surface area (Å²) < 4.78 is 0. The van der Waals surface area contributed by atoms with Crippen LogP contribution in [-0.2, 0) is 6.42 Å². The Morgan fingerprint density at radius 2 is 1.67 bits per heavy atom. The van der Waals surface area contributed by atoms with Gasteiger partial charge in [-0.05, 0) is 48.4 Å². The fraction of sp³-hybridized carbons (Fsp3) is 0.0800. The molecule has 5 nitrogen and oxygen atoms in total. The highest BCUT2D eigenvalue weighted by Crippen LogP contribution is 2.20. The van der Waals surface area contributed by atoms with Crippen LogP contribution in [0.2, 0.25) is 0 Å². The van der Waals surface area contributed by atoms with Gasteiger partial charge in [-0.15, -0.1) is 0 Å². The molecule has 148 valence electrons. The molecule has 1 heterocycles.